The second kappa shape index (κ2) is 9.65. The maximum Gasteiger partial charge on any atom is 0.341 e. The first-order valence-electron chi connectivity index (χ1n) is 9.75. The van der Waals surface area contributed by atoms with Gasteiger partial charge < -0.3 is 10.1 Å². The Morgan fingerprint density at radius 2 is 1.50 bits per heavy atom. The first kappa shape index (κ1) is 21.0. The SMILES string of the molecule is CCC(=O)Nc1ccccc1C(=O)O[C@@H](C(=O)c1ccc(C)cc1)c1ccccc1. The number of rotatable bonds is 7. The van der Waals surface area contributed by atoms with Gasteiger partial charge in [-0.2, -0.15) is 0 Å². The number of para-hydroxylation sites is 1. The van der Waals surface area contributed by atoms with Gasteiger partial charge in [0.1, 0.15) is 0 Å². The number of carbonyl (C=O) groups excluding carboxylic acids is 3. The number of hydrogen-bond donors (Lipinski definition) is 1. The first-order valence-corrected chi connectivity index (χ1v) is 9.75. The number of anilines is 1. The Morgan fingerprint density at radius 1 is 0.867 bits per heavy atom. The lowest BCUT2D eigenvalue weighted by molar-refractivity contribution is -0.115. The maximum atomic E-state index is 13.2. The second-order valence-corrected chi connectivity index (χ2v) is 6.87. The Hall–Kier alpha value is -3.73. The highest BCUT2D eigenvalue weighted by atomic mass is 16.5. The summed E-state index contributed by atoms with van der Waals surface area (Å²) >= 11 is 0. The predicted octanol–water partition coefficient (Wildman–Crippen LogP) is 5.12. The van der Waals surface area contributed by atoms with Crippen LogP contribution in [0.3, 0.4) is 0 Å². The predicted molar refractivity (Wildman–Crippen MR) is 115 cm³/mol. The van der Waals surface area contributed by atoms with Crippen LogP contribution >= 0.6 is 0 Å². The van der Waals surface area contributed by atoms with Crippen LogP contribution in [0.1, 0.15) is 51.3 Å². The zero-order valence-electron chi connectivity index (χ0n) is 16.9. The summed E-state index contributed by atoms with van der Waals surface area (Å²) < 4.78 is 5.69. The van der Waals surface area contributed by atoms with Gasteiger partial charge in [-0.1, -0.05) is 79.2 Å². The van der Waals surface area contributed by atoms with Crippen molar-refractivity contribution < 1.29 is 19.1 Å². The van der Waals surface area contributed by atoms with Crippen LogP contribution in [0.5, 0.6) is 0 Å². The molecule has 30 heavy (non-hydrogen) atoms. The Bertz CT molecular complexity index is 1040. The number of ether oxygens (including phenoxy) is 1. The summed E-state index contributed by atoms with van der Waals surface area (Å²) in [5.41, 5.74) is 2.60. The number of aryl methyl sites for hydroxylation is 1. The minimum absolute atomic E-state index is 0.192. The lowest BCUT2D eigenvalue weighted by Crippen LogP contribution is -2.21. The number of Topliss-reactive ketones (excluding diaryl/α,β-unsaturated/α-hetero) is 1. The largest absolute Gasteiger partial charge is 0.445 e. The van der Waals surface area contributed by atoms with Crippen LogP contribution in [-0.4, -0.2) is 17.7 Å². The van der Waals surface area contributed by atoms with Gasteiger partial charge in [0, 0.05) is 17.5 Å². The van der Waals surface area contributed by atoms with E-state index in [0.717, 1.165) is 5.56 Å². The van der Waals surface area contributed by atoms with E-state index in [-0.39, 0.29) is 23.7 Å². The van der Waals surface area contributed by atoms with Crippen LogP contribution in [-0.2, 0) is 9.53 Å². The highest BCUT2D eigenvalue weighted by Crippen LogP contribution is 2.26. The summed E-state index contributed by atoms with van der Waals surface area (Å²) in [5, 5.41) is 2.70. The monoisotopic (exact) mass is 401 g/mol. The molecular formula is C25H23NO4. The first-order chi connectivity index (χ1) is 14.5. The molecule has 5 nitrogen and oxygen atoms in total. The van der Waals surface area contributed by atoms with E-state index in [1.807, 2.05) is 25.1 Å². The van der Waals surface area contributed by atoms with E-state index in [9.17, 15) is 14.4 Å². The lowest BCUT2D eigenvalue weighted by atomic mass is 9.99. The van der Waals surface area contributed by atoms with Gasteiger partial charge in [0.05, 0.1) is 11.3 Å². The van der Waals surface area contributed by atoms with E-state index in [2.05, 4.69) is 5.32 Å². The van der Waals surface area contributed by atoms with Crippen LogP contribution in [0.25, 0.3) is 0 Å². The summed E-state index contributed by atoms with van der Waals surface area (Å²) in [6, 6.07) is 22.6. The van der Waals surface area contributed by atoms with Crippen molar-refractivity contribution in [3.8, 4) is 0 Å². The number of hydrogen-bond acceptors (Lipinski definition) is 4. The third-order valence-electron chi connectivity index (χ3n) is 4.64. The molecule has 1 atom stereocenters. The smallest absolute Gasteiger partial charge is 0.341 e. The molecule has 0 aromatic heterocycles. The third-order valence-corrected chi connectivity index (χ3v) is 4.64. The zero-order valence-corrected chi connectivity index (χ0v) is 16.9. The number of nitrogens with one attached hydrogen (secondary N) is 1. The fraction of sp³-hybridized carbons (Fsp3) is 0.160. The van der Waals surface area contributed by atoms with Gasteiger partial charge in [-0.15, -0.1) is 0 Å². The topological polar surface area (TPSA) is 72.5 Å². The second-order valence-electron chi connectivity index (χ2n) is 6.87. The van der Waals surface area contributed by atoms with Crippen molar-refractivity contribution in [2.45, 2.75) is 26.4 Å². The average molecular weight is 401 g/mol. The molecule has 3 rings (SSSR count). The van der Waals surface area contributed by atoms with E-state index in [1.54, 1.807) is 67.6 Å². The summed E-state index contributed by atoms with van der Waals surface area (Å²) in [5.74, 6) is -1.22. The lowest BCUT2D eigenvalue weighted by Gasteiger charge is -2.19. The average Bonchev–Trinajstić information content (AvgIpc) is 2.78. The molecule has 0 heterocycles. The van der Waals surface area contributed by atoms with Gasteiger partial charge in [-0.05, 0) is 19.1 Å². The van der Waals surface area contributed by atoms with Crippen molar-refractivity contribution in [3.63, 3.8) is 0 Å². The van der Waals surface area contributed by atoms with Gasteiger partial charge in [-0.3, -0.25) is 9.59 Å². The molecule has 0 saturated heterocycles. The number of benzene rings is 3. The molecule has 3 aromatic rings. The third kappa shape index (κ3) is 5.00. The molecule has 0 bridgehead atoms. The van der Waals surface area contributed by atoms with Crippen molar-refractivity contribution >= 4 is 23.3 Å². The number of ketones is 1. The highest BCUT2D eigenvalue weighted by Gasteiger charge is 2.27. The zero-order chi connectivity index (χ0) is 21.5. The molecule has 0 fully saturated rings. The molecule has 0 unspecified atom stereocenters. The van der Waals surface area contributed by atoms with Crippen molar-refractivity contribution in [2.75, 3.05) is 5.32 Å². The fourth-order valence-electron chi connectivity index (χ4n) is 2.95. The standard InChI is InChI=1S/C25H23NO4/c1-3-22(27)26-21-12-8-7-11-20(21)25(29)30-24(19-9-5-4-6-10-19)23(28)18-15-13-17(2)14-16-18/h4-16,24H,3H2,1-2H3,(H,26,27)/t24-/m1/s1. The van der Waals surface area contributed by atoms with Gasteiger partial charge in [-0.25, -0.2) is 4.79 Å². The normalized spacial score (nSPS) is 11.4. The summed E-state index contributed by atoms with van der Waals surface area (Å²) in [4.78, 5) is 38.0. The van der Waals surface area contributed by atoms with E-state index >= 15 is 0 Å². The van der Waals surface area contributed by atoms with E-state index in [0.29, 0.717) is 16.8 Å². The minimum atomic E-state index is -1.10. The summed E-state index contributed by atoms with van der Waals surface area (Å²) in [7, 11) is 0. The van der Waals surface area contributed by atoms with Crippen LogP contribution in [0.2, 0.25) is 0 Å². The van der Waals surface area contributed by atoms with Gasteiger partial charge in [0.25, 0.3) is 0 Å². The summed E-state index contributed by atoms with van der Waals surface area (Å²) in [6.07, 6.45) is -0.821. The molecule has 0 aliphatic carbocycles. The highest BCUT2D eigenvalue weighted by molar-refractivity contribution is 6.04. The van der Waals surface area contributed by atoms with Crippen molar-refractivity contribution in [2.24, 2.45) is 0 Å². The molecule has 0 saturated carbocycles. The molecule has 0 aliphatic rings. The van der Waals surface area contributed by atoms with E-state index in [1.165, 1.54) is 0 Å². The number of amides is 1. The Balaban J connectivity index is 1.92. The molecule has 5 heteroatoms. The quantitative estimate of drug-likeness (QED) is 0.440. The molecular weight excluding hydrogens is 378 g/mol. The minimum Gasteiger partial charge on any atom is -0.445 e. The molecule has 3 aromatic carbocycles. The molecule has 0 radical (unpaired) electrons. The Kier molecular flexibility index (Phi) is 6.75. The molecule has 0 spiro atoms. The van der Waals surface area contributed by atoms with Crippen LogP contribution < -0.4 is 5.32 Å². The molecule has 1 amide bonds. The van der Waals surface area contributed by atoms with Gasteiger partial charge in [0.2, 0.25) is 11.7 Å². The Morgan fingerprint density at radius 3 is 2.17 bits per heavy atom. The van der Waals surface area contributed by atoms with Crippen molar-refractivity contribution in [3.05, 3.63) is 101 Å². The van der Waals surface area contributed by atoms with Crippen LogP contribution in [0.15, 0.2) is 78.9 Å². The summed E-state index contributed by atoms with van der Waals surface area (Å²) in [6.45, 7) is 3.66. The van der Waals surface area contributed by atoms with E-state index in [4.69, 9.17) is 4.74 Å². The number of esters is 1. The number of carbonyl (C=O) groups is 3. The van der Waals surface area contributed by atoms with Crippen molar-refractivity contribution in [1.82, 2.24) is 0 Å². The molecule has 0 aliphatic heterocycles. The van der Waals surface area contributed by atoms with Crippen LogP contribution in [0.4, 0.5) is 5.69 Å². The van der Waals surface area contributed by atoms with Crippen molar-refractivity contribution in [1.29, 1.82) is 0 Å². The fourth-order valence-corrected chi connectivity index (χ4v) is 2.95. The Labute approximate surface area is 175 Å². The van der Waals surface area contributed by atoms with Crippen LogP contribution in [0, 0.1) is 6.92 Å². The maximum absolute atomic E-state index is 13.2. The van der Waals surface area contributed by atoms with Gasteiger partial charge >= 0.3 is 5.97 Å². The molecule has 152 valence electrons. The molecule has 1 N–H and O–H groups in total. The van der Waals surface area contributed by atoms with Gasteiger partial charge in [0.15, 0.2) is 6.10 Å². The van der Waals surface area contributed by atoms with E-state index < -0.39 is 12.1 Å².